The first-order valence-electron chi connectivity index (χ1n) is 16.3. The molecule has 1 heterocycles. The number of benzene rings is 1. The molecule has 0 fully saturated rings. The van der Waals surface area contributed by atoms with E-state index in [1.54, 1.807) is 45.0 Å². The van der Waals surface area contributed by atoms with Crippen LogP contribution in [0.15, 0.2) is 29.3 Å². The SMILES string of the molecule is C.C.C.CC(C)C[C@@H](CN1C(=O)c2ccccc2C1=O)NC(=O)OC(C)(C)C.CC(C)C[C@@H](CN=C(N(C)C)N(C)C)NC(=O)OC(C)(C)C. The second kappa shape index (κ2) is 22.1. The van der Waals surface area contributed by atoms with Crippen LogP contribution in [0.3, 0.4) is 0 Å². The van der Waals surface area contributed by atoms with Gasteiger partial charge in [-0.05, 0) is 78.4 Å². The van der Waals surface area contributed by atoms with Gasteiger partial charge in [-0.25, -0.2) is 9.59 Å². The molecule has 0 saturated carbocycles. The molecule has 1 aliphatic rings. The van der Waals surface area contributed by atoms with Gasteiger partial charge in [0.1, 0.15) is 11.2 Å². The molecule has 4 amide bonds. The van der Waals surface area contributed by atoms with Gasteiger partial charge in [0, 0.05) is 34.7 Å². The Bertz CT molecular complexity index is 1190. The first-order chi connectivity index (χ1) is 21.5. The first-order valence-corrected chi connectivity index (χ1v) is 16.3. The molecule has 2 rings (SSSR count). The van der Waals surface area contributed by atoms with Crippen molar-refractivity contribution in [2.75, 3.05) is 41.3 Å². The second-order valence-corrected chi connectivity index (χ2v) is 15.1. The zero-order valence-corrected chi connectivity index (χ0v) is 31.2. The number of hydrogen-bond donors (Lipinski definition) is 2. The summed E-state index contributed by atoms with van der Waals surface area (Å²) < 4.78 is 10.6. The molecular formula is C38H72N6O6. The first kappa shape index (κ1) is 50.5. The maximum Gasteiger partial charge on any atom is 0.407 e. The number of imide groups is 1. The number of hydrogen-bond acceptors (Lipinski definition) is 7. The number of carbonyl (C=O) groups is 4. The van der Waals surface area contributed by atoms with Gasteiger partial charge >= 0.3 is 12.2 Å². The van der Waals surface area contributed by atoms with Crippen LogP contribution < -0.4 is 10.6 Å². The third-order valence-corrected chi connectivity index (χ3v) is 6.49. The Kier molecular flexibility index (Phi) is 22.3. The van der Waals surface area contributed by atoms with Gasteiger partial charge < -0.3 is 29.9 Å². The molecule has 0 bridgehead atoms. The molecule has 12 nitrogen and oxygen atoms in total. The van der Waals surface area contributed by atoms with Crippen molar-refractivity contribution in [2.45, 2.75) is 128 Å². The van der Waals surface area contributed by atoms with Crippen molar-refractivity contribution >= 4 is 30.0 Å². The summed E-state index contributed by atoms with van der Waals surface area (Å²) in [6, 6.07) is 6.36. The standard InChI is InChI=1S/C19H26N2O4.C16H34N4O2.3CH4/c1-12(2)10-13(20-18(24)25-19(3,4)5)11-21-16(22)14-8-6-7-9-15(14)17(21)23;1-12(2)10-13(18-15(21)22-16(3,4)5)11-17-14(19(6)7)20(8)9;;;/h6-9,12-13H,10-11H2,1-5H3,(H,20,24);12-13H,10-11H2,1-9H3,(H,18,21);3*1H4/t2*13-;;;/m00.../s1. The maximum atomic E-state index is 12.5. The topological polar surface area (TPSA) is 133 Å². The molecule has 0 unspecified atom stereocenters. The summed E-state index contributed by atoms with van der Waals surface area (Å²) in [4.78, 5) is 58.8. The lowest BCUT2D eigenvalue weighted by Gasteiger charge is -2.27. The number of ether oxygens (including phenoxy) is 2. The normalized spacial score (nSPS) is 13.2. The summed E-state index contributed by atoms with van der Waals surface area (Å²) in [5.74, 6) is 0.993. The summed E-state index contributed by atoms with van der Waals surface area (Å²) >= 11 is 0. The van der Waals surface area contributed by atoms with Gasteiger partial charge in [0.15, 0.2) is 5.96 Å². The number of fused-ring (bicyclic) bond motifs is 1. The molecule has 1 aromatic carbocycles. The molecule has 290 valence electrons. The van der Waals surface area contributed by atoms with Crippen molar-refractivity contribution in [3.05, 3.63) is 35.4 Å². The Morgan fingerprint density at radius 3 is 1.42 bits per heavy atom. The molecule has 12 heteroatoms. The molecule has 2 atom stereocenters. The maximum absolute atomic E-state index is 12.5. The summed E-state index contributed by atoms with van der Waals surface area (Å²) in [6.45, 7) is 19.9. The highest BCUT2D eigenvalue weighted by Crippen LogP contribution is 2.23. The van der Waals surface area contributed by atoms with Crippen LogP contribution in [0.5, 0.6) is 0 Å². The highest BCUT2D eigenvalue weighted by molar-refractivity contribution is 6.21. The number of amides is 4. The summed E-state index contributed by atoms with van der Waals surface area (Å²) in [5, 5.41) is 5.73. The van der Waals surface area contributed by atoms with Crippen molar-refractivity contribution in [3.63, 3.8) is 0 Å². The predicted octanol–water partition coefficient (Wildman–Crippen LogP) is 7.54. The molecule has 1 aromatic rings. The number of aliphatic imine (C=N–C) groups is 1. The van der Waals surface area contributed by atoms with Crippen molar-refractivity contribution in [1.29, 1.82) is 0 Å². The fourth-order valence-corrected chi connectivity index (χ4v) is 4.94. The summed E-state index contributed by atoms with van der Waals surface area (Å²) in [5.41, 5.74) is -0.281. The molecule has 1 aliphatic heterocycles. The van der Waals surface area contributed by atoms with Gasteiger partial charge in [-0.15, -0.1) is 0 Å². The van der Waals surface area contributed by atoms with Crippen molar-refractivity contribution in [2.24, 2.45) is 16.8 Å². The number of carbonyl (C=O) groups excluding carboxylic acids is 4. The second-order valence-electron chi connectivity index (χ2n) is 15.1. The Balaban J connectivity index is -0.000000841. The van der Waals surface area contributed by atoms with Crippen molar-refractivity contribution in [1.82, 2.24) is 25.3 Å². The lowest BCUT2D eigenvalue weighted by atomic mass is 10.0. The molecule has 0 spiro atoms. The number of nitrogens with zero attached hydrogens (tertiary/aromatic N) is 4. The van der Waals surface area contributed by atoms with Crippen LogP contribution in [0.2, 0.25) is 0 Å². The van der Waals surface area contributed by atoms with E-state index in [1.807, 2.05) is 72.6 Å². The van der Waals surface area contributed by atoms with E-state index in [1.165, 1.54) is 4.90 Å². The molecule has 0 saturated heterocycles. The molecular weight excluding hydrogens is 636 g/mol. The minimum absolute atomic E-state index is 0. The minimum Gasteiger partial charge on any atom is -0.444 e. The van der Waals surface area contributed by atoms with Gasteiger partial charge in [-0.3, -0.25) is 19.5 Å². The van der Waals surface area contributed by atoms with Gasteiger partial charge in [0.2, 0.25) is 0 Å². The van der Waals surface area contributed by atoms with E-state index in [9.17, 15) is 19.2 Å². The quantitative estimate of drug-likeness (QED) is 0.145. The Labute approximate surface area is 304 Å². The predicted molar refractivity (Wildman–Crippen MR) is 207 cm³/mol. The minimum atomic E-state index is -0.609. The van der Waals surface area contributed by atoms with Gasteiger partial charge in [0.25, 0.3) is 11.8 Å². The third kappa shape index (κ3) is 18.8. The van der Waals surface area contributed by atoms with Gasteiger partial charge in [-0.2, -0.15) is 0 Å². The van der Waals surface area contributed by atoms with Crippen LogP contribution in [0.25, 0.3) is 0 Å². The van der Waals surface area contributed by atoms with E-state index in [0.29, 0.717) is 30.0 Å². The third-order valence-electron chi connectivity index (χ3n) is 6.49. The smallest absolute Gasteiger partial charge is 0.407 e. The number of rotatable bonds is 10. The zero-order valence-electron chi connectivity index (χ0n) is 31.2. The zero-order chi connectivity index (χ0) is 36.3. The average Bonchev–Trinajstić information content (AvgIpc) is 3.10. The number of nitrogens with one attached hydrogen (secondary N) is 2. The van der Waals surface area contributed by atoms with Crippen molar-refractivity contribution < 1.29 is 28.7 Å². The molecule has 50 heavy (non-hydrogen) atoms. The van der Waals surface area contributed by atoms with Crippen LogP contribution >= 0.6 is 0 Å². The van der Waals surface area contributed by atoms with E-state index in [0.717, 1.165) is 12.4 Å². The molecule has 0 aromatic heterocycles. The Morgan fingerprint density at radius 2 is 1.08 bits per heavy atom. The Hall–Kier alpha value is -3.83. The monoisotopic (exact) mass is 709 g/mol. The van der Waals surface area contributed by atoms with E-state index >= 15 is 0 Å². The molecule has 0 radical (unpaired) electrons. The summed E-state index contributed by atoms with van der Waals surface area (Å²) in [7, 11) is 7.82. The van der Waals surface area contributed by atoms with Crippen LogP contribution in [0, 0.1) is 11.8 Å². The summed E-state index contributed by atoms with van der Waals surface area (Å²) in [6.07, 6.45) is 0.558. The van der Waals surface area contributed by atoms with E-state index < -0.39 is 17.3 Å². The number of guanidine groups is 1. The largest absolute Gasteiger partial charge is 0.444 e. The van der Waals surface area contributed by atoms with E-state index in [4.69, 9.17) is 9.47 Å². The van der Waals surface area contributed by atoms with Crippen molar-refractivity contribution in [3.8, 4) is 0 Å². The number of alkyl carbamates (subject to hydrolysis) is 2. The molecule has 0 aliphatic carbocycles. The van der Waals surface area contributed by atoms with Gasteiger partial charge in [0.05, 0.1) is 29.8 Å². The lowest BCUT2D eigenvalue weighted by Crippen LogP contribution is -2.47. The van der Waals surface area contributed by atoms with Crippen LogP contribution in [-0.4, -0.2) is 109 Å². The van der Waals surface area contributed by atoms with Crippen LogP contribution in [0.1, 0.15) is 125 Å². The highest BCUT2D eigenvalue weighted by Gasteiger charge is 2.37. The highest BCUT2D eigenvalue weighted by atomic mass is 16.6. The molecule has 2 N–H and O–H groups in total. The Morgan fingerprint density at radius 1 is 0.720 bits per heavy atom. The van der Waals surface area contributed by atoms with E-state index in [-0.39, 0.29) is 64.7 Å². The van der Waals surface area contributed by atoms with E-state index in [2.05, 4.69) is 29.5 Å². The lowest BCUT2D eigenvalue weighted by molar-refractivity contribution is 0.0459. The average molecular weight is 709 g/mol. The van der Waals surface area contributed by atoms with Gasteiger partial charge in [-0.1, -0.05) is 62.1 Å². The fourth-order valence-electron chi connectivity index (χ4n) is 4.94. The fraction of sp³-hybridized carbons (Fsp3) is 0.711. The van der Waals surface area contributed by atoms with Crippen LogP contribution in [0.4, 0.5) is 9.59 Å². The van der Waals surface area contributed by atoms with Crippen LogP contribution in [-0.2, 0) is 9.47 Å².